The van der Waals surface area contributed by atoms with Crippen molar-refractivity contribution in [3.63, 3.8) is 0 Å². The zero-order valence-electron chi connectivity index (χ0n) is 20.6. The van der Waals surface area contributed by atoms with Crippen LogP contribution in [0.2, 0.25) is 0 Å². The van der Waals surface area contributed by atoms with Crippen LogP contribution in [0.5, 0.6) is 0 Å². The summed E-state index contributed by atoms with van der Waals surface area (Å²) in [6, 6.07) is 3.51. The van der Waals surface area contributed by atoms with Crippen LogP contribution in [0.15, 0.2) is 42.5 Å². The van der Waals surface area contributed by atoms with Crippen molar-refractivity contribution in [2.24, 2.45) is 7.05 Å². The maximum atomic E-state index is 8.73. The Hall–Kier alpha value is -2.15. The molecule has 1 heterocycles. The predicted octanol–water partition coefficient (Wildman–Crippen LogP) is 5.38. The molecule has 0 atom stereocenters. The summed E-state index contributed by atoms with van der Waals surface area (Å²) in [5.74, 6) is -1.26. The van der Waals surface area contributed by atoms with Crippen LogP contribution in [0.3, 0.4) is 0 Å². The quantitative estimate of drug-likeness (QED) is 0.559. The van der Waals surface area contributed by atoms with Crippen molar-refractivity contribution in [3.05, 3.63) is 64.7 Å². The van der Waals surface area contributed by atoms with Crippen molar-refractivity contribution < 1.29 is 12.8 Å². The standard InChI is InChI=1S/C22H26N/c1-14(2)18-7-8-20-19(13-18)9-10-23(6)22(20)21-12-15(3)11-16(4)17(21)5/h7-14H,1-6H3/q+1/i7D,8D,9D,10D,13D,14D. The summed E-state index contributed by atoms with van der Waals surface area (Å²) in [5, 5.41) is 0.489. The van der Waals surface area contributed by atoms with Crippen molar-refractivity contribution in [2.75, 3.05) is 0 Å². The SMILES string of the molecule is [2H]c1c(C([2H])(C)C)c([2H])c2c([2H])c([2H])[n+](C)c(-c3cc(C)cc(C)c3C)c2c1[2H]. The summed E-state index contributed by atoms with van der Waals surface area (Å²) in [5.41, 5.74) is 4.60. The van der Waals surface area contributed by atoms with Gasteiger partial charge in [0, 0.05) is 7.41 Å². The molecular formula is C22H26N+. The van der Waals surface area contributed by atoms with Gasteiger partial charge in [0.25, 0.3) is 0 Å². The second-order valence-corrected chi connectivity index (χ2v) is 6.40. The lowest BCUT2D eigenvalue weighted by Gasteiger charge is -2.12. The van der Waals surface area contributed by atoms with Gasteiger partial charge in [0.05, 0.1) is 16.4 Å². The molecule has 2 aromatic carbocycles. The van der Waals surface area contributed by atoms with Gasteiger partial charge in [-0.1, -0.05) is 37.6 Å². The summed E-state index contributed by atoms with van der Waals surface area (Å²) in [6.07, 6.45) is -0.0644. The minimum atomic E-state index is -1.26. The van der Waals surface area contributed by atoms with Crippen molar-refractivity contribution in [1.29, 1.82) is 0 Å². The molecule has 0 N–H and O–H groups in total. The number of nitrogens with zero attached hydrogens (tertiary/aromatic N) is 1. The van der Waals surface area contributed by atoms with E-state index in [2.05, 4.69) is 6.07 Å². The Kier molecular flexibility index (Phi) is 2.49. The van der Waals surface area contributed by atoms with Crippen molar-refractivity contribution in [2.45, 2.75) is 40.5 Å². The smallest absolute Gasteiger partial charge is 0.200 e. The van der Waals surface area contributed by atoms with Gasteiger partial charge in [-0.3, -0.25) is 0 Å². The summed E-state index contributed by atoms with van der Waals surface area (Å²) in [4.78, 5) is 0. The van der Waals surface area contributed by atoms with E-state index in [1.54, 1.807) is 25.5 Å². The van der Waals surface area contributed by atoms with Gasteiger partial charge in [-0.15, -0.1) is 0 Å². The highest BCUT2D eigenvalue weighted by atomic mass is 14.9. The van der Waals surface area contributed by atoms with E-state index in [-0.39, 0.29) is 41.3 Å². The topological polar surface area (TPSA) is 3.88 Å². The molecule has 0 bridgehead atoms. The first-order chi connectivity index (χ1) is 13.3. The lowest BCUT2D eigenvalue weighted by Crippen LogP contribution is -2.30. The number of aryl methyl sites for hydroxylation is 2. The average Bonchev–Trinajstić information content (AvgIpc) is 2.60. The molecule has 23 heavy (non-hydrogen) atoms. The van der Waals surface area contributed by atoms with E-state index < -0.39 is 5.89 Å². The molecule has 1 heteroatoms. The number of fused-ring (bicyclic) bond motifs is 1. The normalized spacial score (nSPS) is 15.6. The van der Waals surface area contributed by atoms with E-state index in [0.717, 1.165) is 22.3 Å². The van der Waals surface area contributed by atoms with Crippen LogP contribution in [-0.2, 0) is 7.05 Å². The molecule has 0 aliphatic heterocycles. The van der Waals surface area contributed by atoms with Crippen LogP contribution in [-0.4, -0.2) is 0 Å². The Labute approximate surface area is 148 Å². The molecule has 1 aromatic heterocycles. The zero-order valence-corrected chi connectivity index (χ0v) is 14.6. The van der Waals surface area contributed by atoms with Gasteiger partial charge in [-0.25, -0.2) is 4.57 Å². The molecule has 1 nitrogen and oxygen atoms in total. The van der Waals surface area contributed by atoms with E-state index in [9.17, 15) is 0 Å². The zero-order chi connectivity index (χ0) is 22.0. The maximum absolute atomic E-state index is 8.73. The minimum absolute atomic E-state index is 0.0644. The monoisotopic (exact) mass is 310 g/mol. The van der Waals surface area contributed by atoms with Gasteiger partial charge < -0.3 is 0 Å². The number of aromatic nitrogens is 1. The molecule has 0 unspecified atom stereocenters. The summed E-state index contributed by atoms with van der Waals surface area (Å²) >= 11 is 0. The van der Waals surface area contributed by atoms with Gasteiger partial charge in [0.1, 0.15) is 8.42 Å². The fourth-order valence-electron chi connectivity index (χ4n) is 2.89. The third-order valence-electron chi connectivity index (χ3n) is 4.30. The first-order valence-corrected chi connectivity index (χ1v) is 7.80. The van der Waals surface area contributed by atoms with Crippen LogP contribution >= 0.6 is 0 Å². The van der Waals surface area contributed by atoms with Crippen LogP contribution in [0.25, 0.3) is 22.0 Å². The lowest BCUT2D eigenvalue weighted by molar-refractivity contribution is -0.659. The summed E-state index contributed by atoms with van der Waals surface area (Å²) in [6.45, 7) is 9.11. The molecule has 0 aliphatic carbocycles. The van der Waals surface area contributed by atoms with Gasteiger partial charge in [0.15, 0.2) is 6.17 Å². The number of rotatable bonds is 2. The molecule has 0 aliphatic rings. The van der Waals surface area contributed by atoms with Gasteiger partial charge in [-0.05, 0) is 60.9 Å². The van der Waals surface area contributed by atoms with E-state index in [0.29, 0.717) is 11.1 Å². The fourth-order valence-corrected chi connectivity index (χ4v) is 2.89. The summed E-state index contributed by atoms with van der Waals surface area (Å²) < 4.78 is 52.9. The average molecular weight is 310 g/mol. The first kappa shape index (κ1) is 9.87. The molecule has 3 aromatic rings. The molecule has 0 fully saturated rings. The number of benzene rings is 2. The Bertz CT molecular complexity index is 1180. The van der Waals surface area contributed by atoms with E-state index >= 15 is 0 Å². The Morgan fingerprint density at radius 2 is 1.83 bits per heavy atom. The number of pyridine rings is 1. The van der Waals surface area contributed by atoms with Crippen LogP contribution in [0, 0.1) is 20.8 Å². The highest BCUT2D eigenvalue weighted by molar-refractivity contribution is 5.94. The van der Waals surface area contributed by atoms with Gasteiger partial charge >= 0.3 is 0 Å². The molecule has 0 spiro atoms. The minimum Gasteiger partial charge on any atom is -0.200 e. The third kappa shape index (κ3) is 2.76. The van der Waals surface area contributed by atoms with E-state index in [4.69, 9.17) is 8.22 Å². The highest BCUT2D eigenvalue weighted by Crippen LogP contribution is 2.31. The van der Waals surface area contributed by atoms with Gasteiger partial charge in [0.2, 0.25) is 5.69 Å². The molecule has 3 rings (SSSR count). The Morgan fingerprint density at radius 1 is 1.09 bits per heavy atom. The second kappa shape index (κ2) is 5.81. The third-order valence-corrected chi connectivity index (χ3v) is 4.30. The summed E-state index contributed by atoms with van der Waals surface area (Å²) in [7, 11) is 1.68. The largest absolute Gasteiger partial charge is 0.220 e. The highest BCUT2D eigenvalue weighted by Gasteiger charge is 2.18. The lowest BCUT2D eigenvalue weighted by atomic mass is 9.93. The maximum Gasteiger partial charge on any atom is 0.220 e. The van der Waals surface area contributed by atoms with Crippen LogP contribution in [0.4, 0.5) is 0 Å². The van der Waals surface area contributed by atoms with Crippen LogP contribution < -0.4 is 4.57 Å². The number of hydrogen-bond acceptors (Lipinski definition) is 0. The Balaban J connectivity index is 2.68. The second-order valence-electron chi connectivity index (χ2n) is 6.40. The van der Waals surface area contributed by atoms with Crippen molar-refractivity contribution in [1.82, 2.24) is 0 Å². The molecular weight excluding hydrogens is 278 g/mol. The Morgan fingerprint density at radius 3 is 2.52 bits per heavy atom. The van der Waals surface area contributed by atoms with Crippen molar-refractivity contribution in [3.8, 4) is 11.3 Å². The van der Waals surface area contributed by atoms with Gasteiger partial charge in [-0.2, -0.15) is 0 Å². The molecule has 0 radical (unpaired) electrons. The van der Waals surface area contributed by atoms with E-state index in [1.165, 1.54) is 0 Å². The molecule has 0 saturated carbocycles. The van der Waals surface area contributed by atoms with Crippen LogP contribution in [0.1, 0.15) is 50.2 Å². The molecule has 0 amide bonds. The predicted molar refractivity (Wildman–Crippen MR) is 98.9 cm³/mol. The van der Waals surface area contributed by atoms with Crippen molar-refractivity contribution >= 4 is 10.8 Å². The molecule has 0 saturated heterocycles. The number of hydrogen-bond donors (Lipinski definition) is 0. The fraction of sp³-hybridized carbons (Fsp3) is 0.318. The van der Waals surface area contributed by atoms with E-state index in [1.807, 2.05) is 26.8 Å². The first-order valence-electron chi connectivity index (χ1n) is 10.8. The molecule has 118 valence electrons.